The van der Waals surface area contributed by atoms with Crippen LogP contribution in [0.25, 0.3) is 0 Å². The minimum absolute atomic E-state index is 0.0584. The molecule has 3 heteroatoms. The van der Waals surface area contributed by atoms with Gasteiger partial charge in [0.2, 0.25) is 0 Å². The molecule has 0 saturated heterocycles. The van der Waals surface area contributed by atoms with Crippen molar-refractivity contribution in [2.75, 3.05) is 6.61 Å². The Morgan fingerprint density at radius 2 is 2.40 bits per heavy atom. The predicted molar refractivity (Wildman–Crippen MR) is 38.1 cm³/mol. The third-order valence-electron chi connectivity index (χ3n) is 0.890. The molecule has 0 fully saturated rings. The summed E-state index contributed by atoms with van der Waals surface area (Å²) in [6.07, 6.45) is 0. The fraction of sp³-hybridized carbons (Fsp3) is 0.571. The predicted octanol–water partition coefficient (Wildman–Crippen LogP) is -0.493. The highest BCUT2D eigenvalue weighted by atomic mass is 16.3. The van der Waals surface area contributed by atoms with Crippen LogP contribution in [0.3, 0.4) is 0 Å². The second-order valence-electron chi connectivity index (χ2n) is 1.93. The van der Waals surface area contributed by atoms with Crippen molar-refractivity contribution in [1.82, 2.24) is 5.32 Å². The normalized spacial score (nSPS) is 11.1. The maximum Gasteiger partial charge on any atom is 0.296 e. The number of hydrogen-bond acceptors (Lipinski definition) is 2. The van der Waals surface area contributed by atoms with E-state index in [2.05, 4.69) is 17.2 Å². The average molecular weight is 141 g/mol. The zero-order chi connectivity index (χ0) is 7.98. The van der Waals surface area contributed by atoms with Crippen LogP contribution in [0.2, 0.25) is 0 Å². The maximum atomic E-state index is 10.6. The highest BCUT2D eigenvalue weighted by Crippen LogP contribution is 1.76. The van der Waals surface area contributed by atoms with Crippen molar-refractivity contribution in [2.45, 2.75) is 19.9 Å². The van der Waals surface area contributed by atoms with Gasteiger partial charge in [-0.15, -0.1) is 0 Å². The number of hydrogen-bond donors (Lipinski definition) is 2. The smallest absolute Gasteiger partial charge is 0.296 e. The van der Waals surface area contributed by atoms with Crippen LogP contribution < -0.4 is 5.32 Å². The molecule has 1 atom stereocenters. The highest BCUT2D eigenvalue weighted by Gasteiger charge is 2.00. The minimum atomic E-state index is -0.343. The lowest BCUT2D eigenvalue weighted by atomic mass is 10.3. The number of carbonyl (C=O) groups excluding carboxylic acids is 1. The number of nitrogens with one attached hydrogen (secondary N) is 1. The standard InChI is InChI=1S/C7H11NO2/c1-3-4-7(10)8-6(2)5-9/h6,9H,5H2,1-2H3,(H,8,10). The Balaban J connectivity index is 3.64. The molecule has 0 aromatic carbocycles. The molecule has 0 spiro atoms. The van der Waals surface area contributed by atoms with Gasteiger partial charge in [-0.25, -0.2) is 0 Å². The van der Waals surface area contributed by atoms with Gasteiger partial charge in [-0.3, -0.25) is 4.79 Å². The van der Waals surface area contributed by atoms with Gasteiger partial charge in [0.05, 0.1) is 12.6 Å². The van der Waals surface area contributed by atoms with E-state index in [4.69, 9.17) is 5.11 Å². The van der Waals surface area contributed by atoms with Gasteiger partial charge in [0.1, 0.15) is 0 Å². The van der Waals surface area contributed by atoms with E-state index in [-0.39, 0.29) is 18.6 Å². The van der Waals surface area contributed by atoms with Gasteiger partial charge < -0.3 is 10.4 Å². The third kappa shape index (κ3) is 3.93. The quantitative estimate of drug-likeness (QED) is 0.510. The molecule has 0 rings (SSSR count). The molecule has 0 bridgehead atoms. The molecule has 56 valence electrons. The van der Waals surface area contributed by atoms with Crippen LogP contribution in [0, 0.1) is 11.8 Å². The number of aliphatic hydroxyl groups excluding tert-OH is 1. The van der Waals surface area contributed by atoms with E-state index in [0.717, 1.165) is 0 Å². The fourth-order valence-electron chi connectivity index (χ4n) is 0.419. The number of amides is 1. The average Bonchev–Trinajstić information content (AvgIpc) is 1.88. The maximum absolute atomic E-state index is 10.6. The van der Waals surface area contributed by atoms with Crippen molar-refractivity contribution in [3.63, 3.8) is 0 Å². The van der Waals surface area contributed by atoms with Crippen molar-refractivity contribution >= 4 is 5.91 Å². The van der Waals surface area contributed by atoms with Crippen molar-refractivity contribution in [1.29, 1.82) is 0 Å². The SMILES string of the molecule is CC#CC(=O)NC(C)CO. The lowest BCUT2D eigenvalue weighted by molar-refractivity contribution is -0.116. The molecule has 2 N–H and O–H groups in total. The van der Waals surface area contributed by atoms with E-state index in [1.54, 1.807) is 13.8 Å². The number of rotatable bonds is 2. The minimum Gasteiger partial charge on any atom is -0.394 e. The zero-order valence-electron chi connectivity index (χ0n) is 6.14. The van der Waals surface area contributed by atoms with Crippen LogP contribution >= 0.6 is 0 Å². The first-order chi connectivity index (χ1) is 4.70. The van der Waals surface area contributed by atoms with Crippen molar-refractivity contribution in [3.8, 4) is 11.8 Å². The third-order valence-corrected chi connectivity index (χ3v) is 0.890. The zero-order valence-corrected chi connectivity index (χ0v) is 6.14. The summed E-state index contributed by atoms with van der Waals surface area (Å²) in [6.45, 7) is 3.23. The summed E-state index contributed by atoms with van der Waals surface area (Å²) in [5.41, 5.74) is 0. The van der Waals surface area contributed by atoms with E-state index in [0.29, 0.717) is 0 Å². The first kappa shape index (κ1) is 8.99. The molecule has 0 radical (unpaired) electrons. The Morgan fingerprint density at radius 1 is 1.80 bits per heavy atom. The first-order valence-electron chi connectivity index (χ1n) is 3.04. The summed E-state index contributed by atoms with van der Waals surface area (Å²) >= 11 is 0. The molecule has 0 aliphatic heterocycles. The van der Waals surface area contributed by atoms with Crippen LogP contribution in [-0.4, -0.2) is 23.7 Å². The van der Waals surface area contributed by atoms with Gasteiger partial charge in [-0.1, -0.05) is 5.92 Å². The molecule has 0 aliphatic carbocycles. The summed E-state index contributed by atoms with van der Waals surface area (Å²) in [5, 5.41) is 11.0. The van der Waals surface area contributed by atoms with E-state index >= 15 is 0 Å². The first-order valence-corrected chi connectivity index (χ1v) is 3.04. The van der Waals surface area contributed by atoms with Gasteiger partial charge in [0.15, 0.2) is 0 Å². The van der Waals surface area contributed by atoms with Crippen LogP contribution in [0.1, 0.15) is 13.8 Å². The number of carbonyl (C=O) groups is 1. The van der Waals surface area contributed by atoms with Crippen LogP contribution in [0.4, 0.5) is 0 Å². The Kier molecular flexibility index (Phi) is 4.34. The van der Waals surface area contributed by atoms with E-state index in [9.17, 15) is 4.79 Å². The lowest BCUT2D eigenvalue weighted by Crippen LogP contribution is -2.33. The van der Waals surface area contributed by atoms with Crippen molar-refractivity contribution < 1.29 is 9.90 Å². The summed E-state index contributed by atoms with van der Waals surface area (Å²) in [4.78, 5) is 10.6. The van der Waals surface area contributed by atoms with Gasteiger partial charge in [0, 0.05) is 0 Å². The van der Waals surface area contributed by atoms with Gasteiger partial charge in [-0.2, -0.15) is 0 Å². The molecule has 0 saturated carbocycles. The molecule has 3 nitrogen and oxygen atoms in total. The largest absolute Gasteiger partial charge is 0.394 e. The van der Waals surface area contributed by atoms with Crippen molar-refractivity contribution in [2.24, 2.45) is 0 Å². The topological polar surface area (TPSA) is 49.3 Å². The molecule has 1 amide bonds. The highest BCUT2D eigenvalue weighted by molar-refractivity contribution is 5.93. The molecule has 10 heavy (non-hydrogen) atoms. The fourth-order valence-corrected chi connectivity index (χ4v) is 0.419. The Hall–Kier alpha value is -1.01. The molecule has 1 unspecified atom stereocenters. The van der Waals surface area contributed by atoms with Gasteiger partial charge in [0.25, 0.3) is 5.91 Å². The number of aliphatic hydroxyl groups is 1. The van der Waals surface area contributed by atoms with E-state index in [1.165, 1.54) is 0 Å². The second kappa shape index (κ2) is 4.83. The van der Waals surface area contributed by atoms with Gasteiger partial charge >= 0.3 is 0 Å². The lowest BCUT2D eigenvalue weighted by Gasteiger charge is -2.05. The summed E-state index contributed by atoms with van der Waals surface area (Å²) in [6, 6.07) is -0.214. The van der Waals surface area contributed by atoms with Crippen LogP contribution in [-0.2, 0) is 4.79 Å². The van der Waals surface area contributed by atoms with Crippen LogP contribution in [0.5, 0.6) is 0 Å². The molecule has 0 aliphatic rings. The summed E-state index contributed by atoms with van der Waals surface area (Å²) in [7, 11) is 0. The Morgan fingerprint density at radius 3 is 2.80 bits per heavy atom. The summed E-state index contributed by atoms with van der Waals surface area (Å²) in [5.74, 6) is 4.41. The Bertz CT molecular complexity index is 166. The molecular formula is C7H11NO2. The van der Waals surface area contributed by atoms with Gasteiger partial charge in [-0.05, 0) is 19.8 Å². The monoisotopic (exact) mass is 141 g/mol. The molecule has 0 aromatic heterocycles. The van der Waals surface area contributed by atoms with E-state index in [1.807, 2.05) is 0 Å². The molecular weight excluding hydrogens is 130 g/mol. The van der Waals surface area contributed by atoms with Crippen molar-refractivity contribution in [3.05, 3.63) is 0 Å². The Labute approximate surface area is 60.4 Å². The molecule has 0 aromatic rings. The second-order valence-corrected chi connectivity index (χ2v) is 1.93. The van der Waals surface area contributed by atoms with E-state index < -0.39 is 0 Å². The van der Waals surface area contributed by atoms with Crippen LogP contribution in [0.15, 0.2) is 0 Å². The summed E-state index contributed by atoms with van der Waals surface area (Å²) < 4.78 is 0. The molecule has 0 heterocycles.